The van der Waals surface area contributed by atoms with Gasteiger partial charge >= 0.3 is 0 Å². The molecule has 110 valence electrons. The van der Waals surface area contributed by atoms with Crippen LogP contribution in [-0.2, 0) is 6.42 Å². The van der Waals surface area contributed by atoms with E-state index in [-0.39, 0.29) is 11.9 Å². The number of pyridine rings is 1. The molecule has 4 rings (SSSR count). The van der Waals surface area contributed by atoms with Gasteiger partial charge in [-0.1, -0.05) is 18.2 Å². The Morgan fingerprint density at radius 2 is 2.00 bits per heavy atom. The van der Waals surface area contributed by atoms with E-state index in [1.165, 1.54) is 10.9 Å². The molecule has 1 amide bonds. The molecule has 2 heterocycles. The number of amides is 1. The van der Waals surface area contributed by atoms with Gasteiger partial charge in [-0.05, 0) is 43.0 Å². The molecule has 0 radical (unpaired) electrons. The van der Waals surface area contributed by atoms with E-state index in [4.69, 9.17) is 0 Å². The van der Waals surface area contributed by atoms with Crippen molar-refractivity contribution in [3.05, 3.63) is 65.6 Å². The Kier molecular flexibility index (Phi) is 3.15. The molecule has 2 aromatic heterocycles. The summed E-state index contributed by atoms with van der Waals surface area (Å²) in [6.07, 6.45) is 6.42. The minimum Gasteiger partial charge on any atom is -0.356 e. The van der Waals surface area contributed by atoms with Gasteiger partial charge in [0.05, 0.1) is 6.04 Å². The fraction of sp³-hybridized carbons (Fsp3) is 0.222. The van der Waals surface area contributed by atoms with Crippen LogP contribution in [0.15, 0.2) is 48.8 Å². The zero-order chi connectivity index (χ0) is 14.9. The van der Waals surface area contributed by atoms with Crippen molar-refractivity contribution >= 4 is 16.8 Å². The molecular formula is C18H17N3O. The lowest BCUT2D eigenvalue weighted by Crippen LogP contribution is -2.31. The Morgan fingerprint density at radius 1 is 1.18 bits per heavy atom. The van der Waals surface area contributed by atoms with Crippen LogP contribution >= 0.6 is 0 Å². The van der Waals surface area contributed by atoms with Crippen molar-refractivity contribution in [3.8, 4) is 0 Å². The maximum atomic E-state index is 12.4. The van der Waals surface area contributed by atoms with E-state index in [0.29, 0.717) is 5.56 Å². The molecule has 2 N–H and O–H groups in total. The first-order valence-electron chi connectivity index (χ1n) is 7.63. The van der Waals surface area contributed by atoms with Gasteiger partial charge in [0.25, 0.3) is 5.91 Å². The molecule has 1 aromatic carbocycles. The fourth-order valence-electron chi connectivity index (χ4n) is 3.30. The third-order valence-corrected chi connectivity index (χ3v) is 4.36. The van der Waals surface area contributed by atoms with E-state index in [9.17, 15) is 4.79 Å². The summed E-state index contributed by atoms with van der Waals surface area (Å²) in [5.74, 6) is -0.0427. The molecule has 1 atom stereocenters. The van der Waals surface area contributed by atoms with Gasteiger partial charge in [-0.25, -0.2) is 0 Å². The van der Waals surface area contributed by atoms with Crippen LogP contribution in [0.3, 0.4) is 0 Å². The van der Waals surface area contributed by atoms with Gasteiger partial charge in [-0.3, -0.25) is 9.78 Å². The summed E-state index contributed by atoms with van der Waals surface area (Å²) in [4.78, 5) is 19.8. The number of rotatable bonds is 2. The van der Waals surface area contributed by atoms with Crippen LogP contribution in [0, 0.1) is 0 Å². The highest BCUT2D eigenvalue weighted by Gasteiger charge is 2.25. The maximum absolute atomic E-state index is 12.4. The molecule has 3 aromatic rings. The summed E-state index contributed by atoms with van der Waals surface area (Å²) >= 11 is 0. The molecule has 0 saturated carbocycles. The number of carbonyl (C=O) groups is 1. The highest BCUT2D eigenvalue weighted by Crippen LogP contribution is 2.34. The normalized spacial score (nSPS) is 17.2. The number of H-pyrrole nitrogens is 1. The Balaban J connectivity index is 1.66. The average Bonchev–Trinajstić information content (AvgIpc) is 2.95. The van der Waals surface area contributed by atoms with Gasteiger partial charge in [0.2, 0.25) is 0 Å². The first-order chi connectivity index (χ1) is 10.8. The summed E-state index contributed by atoms with van der Waals surface area (Å²) in [7, 11) is 0. The zero-order valence-electron chi connectivity index (χ0n) is 12.2. The molecule has 0 aliphatic heterocycles. The molecule has 1 aliphatic carbocycles. The second-order valence-electron chi connectivity index (χ2n) is 5.72. The number of aromatic amines is 1. The molecule has 1 unspecified atom stereocenters. The SMILES string of the molecule is O=C(NC1CCCc2c1[nH]c1ccccc21)c1ccncc1. The molecule has 4 nitrogen and oxygen atoms in total. The number of hydrogen-bond acceptors (Lipinski definition) is 2. The molecule has 1 aliphatic rings. The van der Waals surface area contributed by atoms with E-state index >= 15 is 0 Å². The Hall–Kier alpha value is -2.62. The van der Waals surface area contributed by atoms with E-state index in [2.05, 4.69) is 33.5 Å². The van der Waals surface area contributed by atoms with Crippen LogP contribution in [0.5, 0.6) is 0 Å². The highest BCUT2D eigenvalue weighted by atomic mass is 16.1. The zero-order valence-corrected chi connectivity index (χ0v) is 12.2. The predicted molar refractivity (Wildman–Crippen MR) is 85.7 cm³/mol. The minimum atomic E-state index is -0.0427. The Labute approximate surface area is 128 Å². The van der Waals surface area contributed by atoms with Crippen molar-refractivity contribution in [1.29, 1.82) is 0 Å². The topological polar surface area (TPSA) is 57.8 Å². The van der Waals surface area contributed by atoms with Gasteiger partial charge < -0.3 is 10.3 Å². The van der Waals surface area contributed by atoms with Crippen molar-refractivity contribution in [2.24, 2.45) is 0 Å². The third-order valence-electron chi connectivity index (χ3n) is 4.36. The van der Waals surface area contributed by atoms with E-state index in [1.807, 2.05) is 6.07 Å². The van der Waals surface area contributed by atoms with E-state index < -0.39 is 0 Å². The number of nitrogens with one attached hydrogen (secondary N) is 2. The van der Waals surface area contributed by atoms with E-state index in [1.54, 1.807) is 24.5 Å². The van der Waals surface area contributed by atoms with Crippen LogP contribution in [0.2, 0.25) is 0 Å². The molecule has 0 fully saturated rings. The summed E-state index contributed by atoms with van der Waals surface area (Å²) < 4.78 is 0. The number of carbonyl (C=O) groups excluding carboxylic acids is 1. The number of aryl methyl sites for hydroxylation is 1. The van der Waals surface area contributed by atoms with Gasteiger partial charge in [0, 0.05) is 34.6 Å². The van der Waals surface area contributed by atoms with Crippen LogP contribution in [0.1, 0.15) is 40.5 Å². The second-order valence-corrected chi connectivity index (χ2v) is 5.72. The standard InChI is InChI=1S/C18H17N3O/c22-18(12-8-10-19-11-9-12)21-16-7-3-5-14-13-4-1-2-6-15(13)20-17(14)16/h1-2,4,6,8-11,16,20H,3,5,7H2,(H,21,22). The minimum absolute atomic E-state index is 0.0427. The lowest BCUT2D eigenvalue weighted by atomic mass is 9.91. The largest absolute Gasteiger partial charge is 0.356 e. The van der Waals surface area contributed by atoms with Crippen LogP contribution < -0.4 is 5.32 Å². The lowest BCUT2D eigenvalue weighted by Gasteiger charge is -2.23. The molecule has 0 bridgehead atoms. The second kappa shape index (κ2) is 5.30. The number of benzene rings is 1. The predicted octanol–water partition coefficient (Wildman–Crippen LogP) is 3.37. The number of hydrogen-bond donors (Lipinski definition) is 2. The number of nitrogens with zero attached hydrogens (tertiary/aromatic N) is 1. The van der Waals surface area contributed by atoms with Crippen LogP contribution in [-0.4, -0.2) is 15.9 Å². The van der Waals surface area contributed by atoms with Crippen molar-refractivity contribution in [2.75, 3.05) is 0 Å². The Bertz CT molecular complexity index is 823. The highest BCUT2D eigenvalue weighted by molar-refractivity contribution is 5.94. The Morgan fingerprint density at radius 3 is 2.86 bits per heavy atom. The quantitative estimate of drug-likeness (QED) is 0.760. The van der Waals surface area contributed by atoms with Gasteiger partial charge in [0.15, 0.2) is 0 Å². The molecular weight excluding hydrogens is 274 g/mol. The molecule has 0 spiro atoms. The molecule has 0 saturated heterocycles. The number of aromatic nitrogens is 2. The van der Waals surface area contributed by atoms with Crippen molar-refractivity contribution < 1.29 is 4.79 Å². The maximum Gasteiger partial charge on any atom is 0.251 e. The van der Waals surface area contributed by atoms with Gasteiger partial charge in [0.1, 0.15) is 0 Å². The first kappa shape index (κ1) is 13.1. The smallest absolute Gasteiger partial charge is 0.251 e. The number of para-hydroxylation sites is 1. The molecule has 22 heavy (non-hydrogen) atoms. The first-order valence-corrected chi connectivity index (χ1v) is 7.63. The van der Waals surface area contributed by atoms with Gasteiger partial charge in [-0.2, -0.15) is 0 Å². The van der Waals surface area contributed by atoms with Gasteiger partial charge in [-0.15, -0.1) is 0 Å². The monoisotopic (exact) mass is 291 g/mol. The lowest BCUT2D eigenvalue weighted by molar-refractivity contribution is 0.0932. The number of fused-ring (bicyclic) bond motifs is 3. The fourth-order valence-corrected chi connectivity index (χ4v) is 3.30. The van der Waals surface area contributed by atoms with E-state index in [0.717, 1.165) is 30.5 Å². The third kappa shape index (κ3) is 2.17. The molecule has 4 heteroatoms. The summed E-state index contributed by atoms with van der Waals surface area (Å²) in [6, 6.07) is 11.9. The summed E-state index contributed by atoms with van der Waals surface area (Å²) in [5.41, 5.74) is 4.31. The van der Waals surface area contributed by atoms with Crippen molar-refractivity contribution in [2.45, 2.75) is 25.3 Å². The van der Waals surface area contributed by atoms with Crippen molar-refractivity contribution in [3.63, 3.8) is 0 Å². The van der Waals surface area contributed by atoms with Crippen molar-refractivity contribution in [1.82, 2.24) is 15.3 Å². The summed E-state index contributed by atoms with van der Waals surface area (Å²) in [6.45, 7) is 0. The average molecular weight is 291 g/mol. The summed E-state index contributed by atoms with van der Waals surface area (Å²) in [5, 5.41) is 4.43. The van der Waals surface area contributed by atoms with Crippen LogP contribution in [0.4, 0.5) is 0 Å². The van der Waals surface area contributed by atoms with Crippen LogP contribution in [0.25, 0.3) is 10.9 Å².